The van der Waals surface area contributed by atoms with Crippen molar-refractivity contribution in [1.82, 2.24) is 5.32 Å². The Morgan fingerprint density at radius 1 is 1.29 bits per heavy atom. The lowest BCUT2D eigenvalue weighted by Crippen LogP contribution is -2.48. The summed E-state index contributed by atoms with van der Waals surface area (Å²) in [5.74, 6) is -0.223. The Balaban J connectivity index is 2.80. The minimum Gasteiger partial charge on any atom is -0.465 e. The number of hydrogen-bond acceptors (Lipinski definition) is 4. The molecule has 21 heavy (non-hydrogen) atoms. The largest absolute Gasteiger partial charge is 0.465 e. The zero-order chi connectivity index (χ0) is 16.2. The fraction of sp³-hybridized carbons (Fsp3) is 0.929. The van der Waals surface area contributed by atoms with Crippen LogP contribution in [0.15, 0.2) is 0 Å². The van der Waals surface area contributed by atoms with Crippen molar-refractivity contribution in [2.45, 2.75) is 70.5 Å². The van der Waals surface area contributed by atoms with Gasteiger partial charge in [0, 0.05) is 6.04 Å². The summed E-state index contributed by atoms with van der Waals surface area (Å²) in [6.45, 7) is 7.20. The van der Waals surface area contributed by atoms with Crippen molar-refractivity contribution in [2.75, 3.05) is 5.75 Å². The van der Waals surface area contributed by atoms with Gasteiger partial charge >= 0.3 is 6.09 Å². The van der Waals surface area contributed by atoms with Crippen LogP contribution in [0.25, 0.3) is 0 Å². The van der Waals surface area contributed by atoms with Crippen molar-refractivity contribution in [3.63, 3.8) is 0 Å². The Morgan fingerprint density at radius 2 is 1.90 bits per heavy atom. The minimum atomic E-state index is -3.21. The van der Waals surface area contributed by atoms with E-state index in [-0.39, 0.29) is 29.9 Å². The first kappa shape index (κ1) is 18.2. The summed E-state index contributed by atoms with van der Waals surface area (Å²) in [5.41, 5.74) is 0. The van der Waals surface area contributed by atoms with Gasteiger partial charge in [0.05, 0.1) is 23.2 Å². The normalized spacial score (nSPS) is 27.0. The smallest absolute Gasteiger partial charge is 0.404 e. The van der Waals surface area contributed by atoms with Crippen LogP contribution in [0.2, 0.25) is 0 Å². The molecule has 6 nitrogen and oxygen atoms in total. The molecule has 1 aliphatic rings. The molecule has 0 aromatic rings. The van der Waals surface area contributed by atoms with Gasteiger partial charge in [0.2, 0.25) is 0 Å². The van der Waals surface area contributed by atoms with E-state index in [1.54, 1.807) is 13.8 Å². The summed E-state index contributed by atoms with van der Waals surface area (Å²) in [6.07, 6.45) is 0.930. The maximum absolute atomic E-state index is 12.1. The van der Waals surface area contributed by atoms with Crippen LogP contribution >= 0.6 is 0 Å². The summed E-state index contributed by atoms with van der Waals surface area (Å²) >= 11 is 0. The van der Waals surface area contributed by atoms with Gasteiger partial charge in [-0.05, 0) is 52.9 Å². The maximum atomic E-state index is 12.1. The van der Waals surface area contributed by atoms with E-state index in [1.807, 2.05) is 13.8 Å². The lowest BCUT2D eigenvalue weighted by Gasteiger charge is -2.36. The number of hydrogen-bond donors (Lipinski definition) is 2. The van der Waals surface area contributed by atoms with Gasteiger partial charge in [0.25, 0.3) is 0 Å². The molecule has 2 N–H and O–H groups in total. The molecule has 0 bridgehead atoms. The third-order valence-electron chi connectivity index (χ3n) is 3.87. The van der Waals surface area contributed by atoms with Gasteiger partial charge in [0.15, 0.2) is 9.84 Å². The van der Waals surface area contributed by atoms with E-state index >= 15 is 0 Å². The molecule has 0 aliphatic heterocycles. The van der Waals surface area contributed by atoms with E-state index < -0.39 is 21.2 Å². The predicted molar refractivity (Wildman–Crippen MR) is 81.2 cm³/mol. The fourth-order valence-corrected chi connectivity index (χ4v) is 4.10. The number of carbonyl (C=O) groups is 1. The molecule has 3 atom stereocenters. The summed E-state index contributed by atoms with van der Waals surface area (Å²) in [4.78, 5) is 10.9. The molecule has 1 amide bonds. The molecule has 1 saturated carbocycles. The average Bonchev–Trinajstić information content (AvgIpc) is 2.30. The molecule has 0 saturated heterocycles. The van der Waals surface area contributed by atoms with Crippen LogP contribution in [0, 0.1) is 5.92 Å². The van der Waals surface area contributed by atoms with Crippen LogP contribution < -0.4 is 5.32 Å². The van der Waals surface area contributed by atoms with Crippen molar-refractivity contribution in [3.05, 3.63) is 0 Å². The summed E-state index contributed by atoms with van der Waals surface area (Å²) in [5, 5.41) is 10.9. The van der Waals surface area contributed by atoms with Crippen LogP contribution in [-0.2, 0) is 14.6 Å². The second kappa shape index (κ2) is 7.45. The standard InChI is InChI=1S/C14H27NO5S/c1-9(2)20-12-5-6-13(15-14(16)17)11(7-12)8-21(18,19)10(3)4/h9-13,15H,5-8H2,1-4H3,(H,16,17)/t11-,12?,13-/m0/s1. The van der Waals surface area contributed by atoms with E-state index in [2.05, 4.69) is 5.32 Å². The molecule has 1 aliphatic carbocycles. The van der Waals surface area contributed by atoms with Gasteiger partial charge in [-0.15, -0.1) is 0 Å². The predicted octanol–water partition coefficient (Wildman–Crippen LogP) is 2.04. The molecule has 0 aromatic carbocycles. The molecular weight excluding hydrogens is 294 g/mol. The highest BCUT2D eigenvalue weighted by Gasteiger charge is 2.36. The molecule has 1 unspecified atom stereocenters. The van der Waals surface area contributed by atoms with Crippen molar-refractivity contribution in [2.24, 2.45) is 5.92 Å². The zero-order valence-corrected chi connectivity index (χ0v) is 14.0. The lowest BCUT2D eigenvalue weighted by atomic mass is 9.84. The van der Waals surface area contributed by atoms with E-state index in [0.29, 0.717) is 12.8 Å². The highest BCUT2D eigenvalue weighted by molar-refractivity contribution is 7.91. The molecule has 1 fully saturated rings. The summed E-state index contributed by atoms with van der Waals surface area (Å²) in [7, 11) is -3.21. The second-order valence-corrected chi connectivity index (χ2v) is 8.92. The number of rotatable bonds is 6. The quantitative estimate of drug-likeness (QED) is 0.781. The van der Waals surface area contributed by atoms with Crippen LogP contribution in [0.3, 0.4) is 0 Å². The third-order valence-corrected chi connectivity index (χ3v) is 6.20. The molecule has 0 spiro atoms. The minimum absolute atomic E-state index is 0.00390. The van der Waals surface area contributed by atoms with Crippen molar-refractivity contribution in [3.8, 4) is 0 Å². The van der Waals surface area contributed by atoms with Gasteiger partial charge in [-0.25, -0.2) is 13.2 Å². The van der Waals surface area contributed by atoms with Gasteiger partial charge < -0.3 is 15.2 Å². The van der Waals surface area contributed by atoms with Gasteiger partial charge in [0.1, 0.15) is 0 Å². The molecule has 7 heteroatoms. The first-order chi connectivity index (χ1) is 9.61. The summed E-state index contributed by atoms with van der Waals surface area (Å²) < 4.78 is 30.1. The number of sulfone groups is 1. The SMILES string of the molecule is CC(C)OC1CC[C@H](NC(=O)O)[C@H](CS(=O)(=O)C(C)C)C1. The van der Waals surface area contributed by atoms with Crippen molar-refractivity contribution >= 4 is 15.9 Å². The Kier molecular flexibility index (Phi) is 6.46. The van der Waals surface area contributed by atoms with Gasteiger partial charge in [-0.2, -0.15) is 0 Å². The molecule has 124 valence electrons. The number of amides is 1. The molecule has 1 rings (SSSR count). The zero-order valence-electron chi connectivity index (χ0n) is 13.2. The van der Waals surface area contributed by atoms with Crippen LogP contribution in [0.5, 0.6) is 0 Å². The topological polar surface area (TPSA) is 92.7 Å². The van der Waals surface area contributed by atoms with Crippen molar-refractivity contribution in [1.29, 1.82) is 0 Å². The Hall–Kier alpha value is -0.820. The highest BCUT2D eigenvalue weighted by atomic mass is 32.2. The van der Waals surface area contributed by atoms with Crippen LogP contribution in [0.1, 0.15) is 47.0 Å². The first-order valence-electron chi connectivity index (χ1n) is 7.48. The third kappa shape index (κ3) is 5.82. The summed E-state index contributed by atoms with van der Waals surface area (Å²) in [6, 6.07) is -0.317. The number of ether oxygens (including phenoxy) is 1. The highest BCUT2D eigenvalue weighted by Crippen LogP contribution is 2.29. The maximum Gasteiger partial charge on any atom is 0.404 e. The fourth-order valence-electron chi connectivity index (χ4n) is 2.75. The van der Waals surface area contributed by atoms with E-state index in [1.165, 1.54) is 0 Å². The van der Waals surface area contributed by atoms with Gasteiger partial charge in [-0.1, -0.05) is 0 Å². The Bertz CT molecular complexity index is 446. The number of carboxylic acid groups (broad SMARTS) is 1. The van der Waals surface area contributed by atoms with Gasteiger partial charge in [-0.3, -0.25) is 0 Å². The van der Waals surface area contributed by atoms with Crippen LogP contribution in [0.4, 0.5) is 4.79 Å². The molecular formula is C14H27NO5S. The van der Waals surface area contributed by atoms with E-state index in [4.69, 9.17) is 9.84 Å². The van der Waals surface area contributed by atoms with Crippen molar-refractivity contribution < 1.29 is 23.1 Å². The monoisotopic (exact) mass is 321 g/mol. The molecule has 0 radical (unpaired) electrons. The Labute approximate surface area is 127 Å². The number of nitrogens with one attached hydrogen (secondary N) is 1. The molecule has 0 heterocycles. The lowest BCUT2D eigenvalue weighted by molar-refractivity contribution is -0.0275. The van der Waals surface area contributed by atoms with E-state index in [9.17, 15) is 13.2 Å². The average molecular weight is 321 g/mol. The van der Waals surface area contributed by atoms with Crippen LogP contribution in [-0.4, -0.2) is 48.9 Å². The first-order valence-corrected chi connectivity index (χ1v) is 9.19. The Morgan fingerprint density at radius 3 is 2.38 bits per heavy atom. The molecule has 0 aromatic heterocycles. The van der Waals surface area contributed by atoms with E-state index in [0.717, 1.165) is 6.42 Å². The second-order valence-electron chi connectivity index (χ2n) is 6.31.